The van der Waals surface area contributed by atoms with Crippen molar-refractivity contribution in [2.45, 2.75) is 0 Å². The largest absolute Gasteiger partial charge is 0.481 e. The fraction of sp³-hybridized carbons (Fsp3) is 0.286. The van der Waals surface area contributed by atoms with Gasteiger partial charge in [0.2, 0.25) is 5.88 Å². The van der Waals surface area contributed by atoms with Crippen molar-refractivity contribution < 1.29 is 13.9 Å². The Kier molecular flexibility index (Phi) is 5.37. The molecule has 1 aliphatic heterocycles. The molecule has 0 unspecified atom stereocenters. The molecule has 3 heterocycles. The van der Waals surface area contributed by atoms with Crippen LogP contribution in [-0.2, 0) is 0 Å². The van der Waals surface area contributed by atoms with Crippen LogP contribution in [0.4, 0.5) is 15.8 Å². The summed E-state index contributed by atoms with van der Waals surface area (Å²) in [5.41, 5.74) is 0.974. The molecule has 2 N–H and O–H groups in total. The number of aromatic nitrogens is 2. The van der Waals surface area contributed by atoms with Gasteiger partial charge in [0.25, 0.3) is 5.91 Å². The zero-order valence-corrected chi connectivity index (χ0v) is 16.7. The normalized spacial score (nSPS) is 14.7. The van der Waals surface area contributed by atoms with Crippen LogP contribution in [0.5, 0.6) is 5.88 Å². The van der Waals surface area contributed by atoms with E-state index in [9.17, 15) is 14.0 Å². The van der Waals surface area contributed by atoms with E-state index in [-0.39, 0.29) is 11.1 Å². The highest BCUT2D eigenvalue weighted by Crippen LogP contribution is 2.27. The van der Waals surface area contributed by atoms with Crippen molar-refractivity contribution in [2.75, 3.05) is 50.6 Å². The number of aromatic amines is 1. The van der Waals surface area contributed by atoms with E-state index in [0.717, 1.165) is 32.2 Å². The molecule has 0 radical (unpaired) electrons. The molecule has 0 spiro atoms. The van der Waals surface area contributed by atoms with Crippen molar-refractivity contribution in [2.24, 2.45) is 0 Å². The summed E-state index contributed by atoms with van der Waals surface area (Å²) in [5, 5.41) is 2.63. The lowest BCUT2D eigenvalue weighted by Gasteiger charge is -2.34. The Morgan fingerprint density at radius 2 is 1.97 bits per heavy atom. The summed E-state index contributed by atoms with van der Waals surface area (Å²) in [5.74, 6) is -0.718. The first-order valence-electron chi connectivity index (χ1n) is 9.56. The van der Waals surface area contributed by atoms with Crippen molar-refractivity contribution in [1.29, 1.82) is 0 Å². The highest BCUT2D eigenvalue weighted by atomic mass is 19.1. The second-order valence-corrected chi connectivity index (χ2v) is 7.20. The van der Waals surface area contributed by atoms with Crippen molar-refractivity contribution in [3.63, 3.8) is 0 Å². The summed E-state index contributed by atoms with van der Waals surface area (Å²) < 4.78 is 19.4. The van der Waals surface area contributed by atoms with Gasteiger partial charge in [0.15, 0.2) is 5.43 Å². The highest BCUT2D eigenvalue weighted by molar-refractivity contribution is 6.05. The molecule has 0 atom stereocenters. The van der Waals surface area contributed by atoms with Gasteiger partial charge in [-0.3, -0.25) is 9.59 Å². The number of hydrogen-bond donors (Lipinski definition) is 2. The molecule has 30 heavy (non-hydrogen) atoms. The van der Waals surface area contributed by atoms with Crippen LogP contribution in [0.25, 0.3) is 10.9 Å². The van der Waals surface area contributed by atoms with Gasteiger partial charge < -0.3 is 24.8 Å². The summed E-state index contributed by atoms with van der Waals surface area (Å²) in [6.07, 6.45) is 1.45. The zero-order valence-electron chi connectivity index (χ0n) is 16.7. The van der Waals surface area contributed by atoms with Gasteiger partial charge in [-0.1, -0.05) is 0 Å². The molecule has 4 rings (SSSR count). The van der Waals surface area contributed by atoms with Crippen molar-refractivity contribution in [1.82, 2.24) is 14.9 Å². The Balaban J connectivity index is 1.71. The number of likely N-dealkylation sites (N-methyl/N-ethyl adjacent to an activating group) is 1. The first kappa shape index (κ1) is 19.8. The number of carbonyl (C=O) groups is 1. The van der Waals surface area contributed by atoms with E-state index in [1.807, 2.05) is 7.05 Å². The van der Waals surface area contributed by atoms with Gasteiger partial charge >= 0.3 is 0 Å². The van der Waals surface area contributed by atoms with Crippen LogP contribution in [0.15, 0.2) is 41.3 Å². The molecule has 1 aromatic carbocycles. The van der Waals surface area contributed by atoms with Crippen molar-refractivity contribution in [3.05, 3.63) is 58.3 Å². The summed E-state index contributed by atoms with van der Waals surface area (Å²) in [4.78, 5) is 36.7. The van der Waals surface area contributed by atoms with E-state index in [0.29, 0.717) is 22.8 Å². The number of benzene rings is 1. The van der Waals surface area contributed by atoms with E-state index < -0.39 is 17.2 Å². The topological polar surface area (TPSA) is 90.6 Å². The summed E-state index contributed by atoms with van der Waals surface area (Å²) in [6, 6.07) is 7.31. The van der Waals surface area contributed by atoms with Crippen LogP contribution in [0.2, 0.25) is 0 Å². The minimum Gasteiger partial charge on any atom is -0.481 e. The lowest BCUT2D eigenvalue weighted by molar-refractivity contribution is 0.102. The molecule has 3 aromatic rings. The Hall–Kier alpha value is -3.46. The minimum absolute atomic E-state index is 0.0456. The number of fused-ring (bicyclic) bond motifs is 1. The molecule has 1 aliphatic rings. The molecule has 0 aliphatic carbocycles. The smallest absolute Gasteiger partial charge is 0.272 e. The van der Waals surface area contributed by atoms with Gasteiger partial charge in [-0.2, -0.15) is 0 Å². The van der Waals surface area contributed by atoms with Crippen LogP contribution < -0.4 is 20.4 Å². The number of carbonyl (C=O) groups excluding carboxylic acids is 1. The Morgan fingerprint density at radius 3 is 2.63 bits per heavy atom. The average molecular weight is 411 g/mol. The van der Waals surface area contributed by atoms with E-state index in [4.69, 9.17) is 4.74 Å². The number of amides is 1. The van der Waals surface area contributed by atoms with E-state index in [2.05, 4.69) is 25.1 Å². The molecule has 156 valence electrons. The molecule has 0 saturated carbocycles. The fourth-order valence-corrected chi connectivity index (χ4v) is 3.51. The van der Waals surface area contributed by atoms with E-state index in [1.165, 1.54) is 19.4 Å². The van der Waals surface area contributed by atoms with Gasteiger partial charge in [0, 0.05) is 38.3 Å². The van der Waals surface area contributed by atoms with Crippen LogP contribution in [-0.4, -0.2) is 61.1 Å². The number of nitrogens with zero attached hydrogens (tertiary/aromatic N) is 3. The molecule has 1 amide bonds. The number of methoxy groups -OCH3 is 1. The Labute approximate surface area is 172 Å². The van der Waals surface area contributed by atoms with E-state index >= 15 is 0 Å². The second kappa shape index (κ2) is 8.11. The number of piperazine rings is 1. The zero-order chi connectivity index (χ0) is 21.3. The maximum atomic E-state index is 14.4. The van der Waals surface area contributed by atoms with Gasteiger partial charge in [-0.05, 0) is 25.2 Å². The average Bonchev–Trinajstić information content (AvgIpc) is 2.75. The fourth-order valence-electron chi connectivity index (χ4n) is 3.51. The maximum Gasteiger partial charge on any atom is 0.272 e. The quantitative estimate of drug-likeness (QED) is 0.683. The number of halogens is 1. The lowest BCUT2D eigenvalue weighted by Crippen LogP contribution is -2.44. The Morgan fingerprint density at radius 1 is 1.20 bits per heavy atom. The lowest BCUT2D eigenvalue weighted by atomic mass is 10.1. The third kappa shape index (κ3) is 3.84. The van der Waals surface area contributed by atoms with Gasteiger partial charge in [-0.15, -0.1) is 0 Å². The molecule has 9 heteroatoms. The number of rotatable bonds is 4. The summed E-state index contributed by atoms with van der Waals surface area (Å²) in [7, 11) is 3.54. The third-order valence-corrected chi connectivity index (χ3v) is 5.21. The van der Waals surface area contributed by atoms with Gasteiger partial charge in [0.05, 0.1) is 35.6 Å². The highest BCUT2D eigenvalue weighted by Gasteiger charge is 2.20. The number of pyridine rings is 2. The molecule has 2 aromatic heterocycles. The monoisotopic (exact) mass is 411 g/mol. The number of ether oxygens (including phenoxy) is 1. The van der Waals surface area contributed by atoms with Crippen molar-refractivity contribution in [3.8, 4) is 5.88 Å². The molecule has 1 saturated heterocycles. The first-order valence-corrected chi connectivity index (χ1v) is 9.56. The Bertz CT molecular complexity index is 1140. The van der Waals surface area contributed by atoms with Crippen LogP contribution in [0.1, 0.15) is 10.5 Å². The molecular weight excluding hydrogens is 389 g/mol. The summed E-state index contributed by atoms with van der Waals surface area (Å²) in [6.45, 7) is 3.20. The van der Waals surface area contributed by atoms with Crippen LogP contribution >= 0.6 is 0 Å². The van der Waals surface area contributed by atoms with E-state index in [1.54, 1.807) is 18.2 Å². The SMILES string of the molecule is COc1ccc(NC(=O)c2cc(=O)c3c(F)ccc(N4CCN(C)CC4)c3[nH]2)cn1. The number of H-pyrrole nitrogens is 1. The molecule has 1 fully saturated rings. The van der Waals surface area contributed by atoms with Gasteiger partial charge in [-0.25, -0.2) is 9.37 Å². The number of nitrogens with one attached hydrogen (secondary N) is 2. The maximum absolute atomic E-state index is 14.4. The third-order valence-electron chi connectivity index (χ3n) is 5.21. The summed E-state index contributed by atoms with van der Waals surface area (Å²) >= 11 is 0. The van der Waals surface area contributed by atoms with Crippen LogP contribution in [0.3, 0.4) is 0 Å². The van der Waals surface area contributed by atoms with Gasteiger partial charge in [0.1, 0.15) is 11.5 Å². The number of anilines is 2. The molecular formula is C21H22FN5O3. The van der Waals surface area contributed by atoms with Crippen molar-refractivity contribution >= 4 is 28.2 Å². The second-order valence-electron chi connectivity index (χ2n) is 7.20. The standard InChI is InChI=1S/C21H22FN5O3/c1-26-7-9-27(10-8-26)16-5-4-14(22)19-17(28)11-15(25-20(16)19)21(29)24-13-3-6-18(30-2)23-12-13/h3-6,11-12H,7-10H2,1-2H3,(H,24,29)(H,25,28). The minimum atomic E-state index is -0.615. The number of hydrogen-bond acceptors (Lipinski definition) is 6. The molecule has 0 bridgehead atoms. The predicted octanol–water partition coefficient (Wildman–Crippen LogP) is 2.07. The first-order chi connectivity index (χ1) is 14.5. The van der Waals surface area contributed by atoms with Crippen LogP contribution in [0, 0.1) is 5.82 Å². The molecule has 8 nitrogen and oxygen atoms in total. The predicted molar refractivity (Wildman–Crippen MR) is 113 cm³/mol.